The van der Waals surface area contributed by atoms with E-state index in [-0.39, 0.29) is 4.90 Å². The van der Waals surface area contributed by atoms with Gasteiger partial charge in [0, 0.05) is 45.1 Å². The second-order valence-corrected chi connectivity index (χ2v) is 7.90. The summed E-state index contributed by atoms with van der Waals surface area (Å²) in [6.45, 7) is 3.63. The fourth-order valence-electron chi connectivity index (χ4n) is 2.81. The van der Waals surface area contributed by atoms with E-state index in [9.17, 15) is 8.42 Å². The number of pyridine rings is 1. The SMILES string of the molecule is COc1ccc(OCCN2CCN(S(=O)(=O)c3cccnc3)CC2)cc1. The first kappa shape index (κ1) is 18.6. The second kappa shape index (κ2) is 8.48. The molecule has 0 bridgehead atoms. The van der Waals surface area contributed by atoms with Gasteiger partial charge in [-0.3, -0.25) is 9.88 Å². The van der Waals surface area contributed by atoms with Crippen molar-refractivity contribution in [3.05, 3.63) is 48.8 Å². The van der Waals surface area contributed by atoms with Gasteiger partial charge in [-0.2, -0.15) is 4.31 Å². The lowest BCUT2D eigenvalue weighted by Gasteiger charge is -2.33. The number of hydrogen-bond donors (Lipinski definition) is 0. The normalized spacial score (nSPS) is 16.3. The van der Waals surface area contributed by atoms with Crippen LogP contribution in [-0.2, 0) is 10.0 Å². The van der Waals surface area contributed by atoms with E-state index in [0.717, 1.165) is 18.0 Å². The topological polar surface area (TPSA) is 72.0 Å². The molecule has 26 heavy (non-hydrogen) atoms. The van der Waals surface area contributed by atoms with Crippen molar-refractivity contribution in [1.29, 1.82) is 0 Å². The number of ether oxygens (including phenoxy) is 2. The van der Waals surface area contributed by atoms with E-state index in [0.29, 0.717) is 32.8 Å². The molecule has 0 radical (unpaired) electrons. The van der Waals surface area contributed by atoms with Crippen LogP contribution < -0.4 is 9.47 Å². The molecule has 0 N–H and O–H groups in total. The predicted molar refractivity (Wildman–Crippen MR) is 97.9 cm³/mol. The molecular formula is C18H23N3O4S. The number of benzene rings is 1. The van der Waals surface area contributed by atoms with Crippen molar-refractivity contribution in [2.24, 2.45) is 0 Å². The Morgan fingerprint density at radius 2 is 1.73 bits per heavy atom. The average molecular weight is 377 g/mol. The van der Waals surface area contributed by atoms with E-state index >= 15 is 0 Å². The third-order valence-corrected chi connectivity index (χ3v) is 6.22. The molecule has 140 valence electrons. The molecule has 8 heteroatoms. The van der Waals surface area contributed by atoms with Crippen LogP contribution in [0.1, 0.15) is 0 Å². The van der Waals surface area contributed by atoms with Crippen LogP contribution in [0.4, 0.5) is 0 Å². The first-order valence-corrected chi connectivity index (χ1v) is 9.93. The van der Waals surface area contributed by atoms with Gasteiger partial charge in [-0.15, -0.1) is 0 Å². The zero-order chi connectivity index (χ0) is 18.4. The van der Waals surface area contributed by atoms with Crippen molar-refractivity contribution < 1.29 is 17.9 Å². The molecule has 1 aliphatic heterocycles. The summed E-state index contributed by atoms with van der Waals surface area (Å²) in [5, 5.41) is 0. The molecular weight excluding hydrogens is 354 g/mol. The van der Waals surface area contributed by atoms with E-state index in [2.05, 4.69) is 9.88 Å². The van der Waals surface area contributed by atoms with Gasteiger partial charge in [0.25, 0.3) is 0 Å². The van der Waals surface area contributed by atoms with E-state index in [1.165, 1.54) is 10.5 Å². The molecule has 3 rings (SSSR count). The van der Waals surface area contributed by atoms with Crippen molar-refractivity contribution in [2.45, 2.75) is 4.90 Å². The molecule has 7 nitrogen and oxygen atoms in total. The molecule has 1 fully saturated rings. The highest BCUT2D eigenvalue weighted by Crippen LogP contribution is 2.18. The molecule has 0 saturated carbocycles. The molecule has 0 amide bonds. The highest BCUT2D eigenvalue weighted by molar-refractivity contribution is 7.89. The summed E-state index contributed by atoms with van der Waals surface area (Å²) in [7, 11) is -1.83. The average Bonchev–Trinajstić information content (AvgIpc) is 2.69. The molecule has 2 aromatic rings. The lowest BCUT2D eigenvalue weighted by molar-refractivity contribution is 0.159. The van der Waals surface area contributed by atoms with Crippen molar-refractivity contribution in [3.63, 3.8) is 0 Å². The fraction of sp³-hybridized carbons (Fsp3) is 0.389. The highest BCUT2D eigenvalue weighted by atomic mass is 32.2. The van der Waals surface area contributed by atoms with Gasteiger partial charge in [-0.25, -0.2) is 8.42 Å². The number of rotatable bonds is 7. The van der Waals surface area contributed by atoms with Gasteiger partial charge < -0.3 is 9.47 Å². The van der Waals surface area contributed by atoms with Crippen LogP contribution in [0.2, 0.25) is 0 Å². The Kier molecular flexibility index (Phi) is 6.08. The van der Waals surface area contributed by atoms with Crippen LogP contribution in [-0.4, -0.2) is 69.0 Å². The van der Waals surface area contributed by atoms with Gasteiger partial charge in [0.15, 0.2) is 0 Å². The first-order valence-electron chi connectivity index (χ1n) is 8.49. The standard InChI is InChI=1S/C18H23N3O4S/c1-24-16-4-6-17(7-5-16)25-14-13-20-9-11-21(12-10-20)26(22,23)18-3-2-8-19-15-18/h2-8,15H,9-14H2,1H3. The Balaban J connectivity index is 1.45. The summed E-state index contributed by atoms with van der Waals surface area (Å²) in [5.74, 6) is 1.59. The molecule has 1 saturated heterocycles. The minimum atomic E-state index is -3.45. The van der Waals surface area contributed by atoms with Gasteiger partial charge in [-0.1, -0.05) is 0 Å². The lowest BCUT2D eigenvalue weighted by Crippen LogP contribution is -2.49. The first-order chi connectivity index (χ1) is 12.6. The van der Waals surface area contributed by atoms with E-state index in [1.807, 2.05) is 24.3 Å². The molecule has 1 aliphatic rings. The molecule has 1 aromatic carbocycles. The van der Waals surface area contributed by atoms with Crippen molar-refractivity contribution in [3.8, 4) is 11.5 Å². The zero-order valence-corrected chi connectivity index (χ0v) is 15.6. The number of methoxy groups -OCH3 is 1. The minimum Gasteiger partial charge on any atom is -0.497 e. The Morgan fingerprint density at radius 3 is 2.35 bits per heavy atom. The van der Waals surface area contributed by atoms with Crippen LogP contribution >= 0.6 is 0 Å². The summed E-state index contributed by atoms with van der Waals surface area (Å²) >= 11 is 0. The molecule has 0 spiro atoms. The number of sulfonamides is 1. The smallest absolute Gasteiger partial charge is 0.244 e. The number of hydrogen-bond acceptors (Lipinski definition) is 6. The Labute approximate surface area is 154 Å². The highest BCUT2D eigenvalue weighted by Gasteiger charge is 2.28. The molecule has 1 aromatic heterocycles. The number of piperazine rings is 1. The Hall–Kier alpha value is -2.16. The minimum absolute atomic E-state index is 0.247. The number of aromatic nitrogens is 1. The summed E-state index contributed by atoms with van der Waals surface area (Å²) in [4.78, 5) is 6.35. The van der Waals surface area contributed by atoms with Crippen molar-refractivity contribution >= 4 is 10.0 Å². The van der Waals surface area contributed by atoms with Crippen LogP contribution in [0.5, 0.6) is 11.5 Å². The fourth-order valence-corrected chi connectivity index (χ4v) is 4.19. The van der Waals surface area contributed by atoms with Crippen LogP contribution in [0.25, 0.3) is 0 Å². The van der Waals surface area contributed by atoms with Gasteiger partial charge in [0.05, 0.1) is 7.11 Å². The maximum absolute atomic E-state index is 12.6. The van der Waals surface area contributed by atoms with Crippen molar-refractivity contribution in [1.82, 2.24) is 14.2 Å². The lowest BCUT2D eigenvalue weighted by atomic mass is 10.3. The quantitative estimate of drug-likeness (QED) is 0.728. The van der Waals surface area contributed by atoms with Crippen LogP contribution in [0.15, 0.2) is 53.7 Å². The van der Waals surface area contributed by atoms with Gasteiger partial charge in [0.1, 0.15) is 23.0 Å². The summed E-state index contributed by atoms with van der Waals surface area (Å²) in [6.07, 6.45) is 2.96. The third-order valence-electron chi connectivity index (χ3n) is 4.34. The number of nitrogens with zero attached hydrogens (tertiary/aromatic N) is 3. The summed E-state index contributed by atoms with van der Waals surface area (Å²) < 4.78 is 37.5. The largest absolute Gasteiger partial charge is 0.497 e. The second-order valence-electron chi connectivity index (χ2n) is 5.96. The molecule has 0 atom stereocenters. The maximum Gasteiger partial charge on any atom is 0.244 e. The maximum atomic E-state index is 12.6. The Morgan fingerprint density at radius 1 is 1.04 bits per heavy atom. The van der Waals surface area contributed by atoms with Crippen LogP contribution in [0.3, 0.4) is 0 Å². The van der Waals surface area contributed by atoms with Crippen molar-refractivity contribution in [2.75, 3.05) is 46.4 Å². The zero-order valence-electron chi connectivity index (χ0n) is 14.7. The third kappa shape index (κ3) is 4.51. The van der Waals surface area contributed by atoms with Gasteiger partial charge in [-0.05, 0) is 36.4 Å². The van der Waals surface area contributed by atoms with Gasteiger partial charge in [0.2, 0.25) is 10.0 Å². The van der Waals surface area contributed by atoms with E-state index in [1.54, 1.807) is 25.4 Å². The molecule has 2 heterocycles. The van der Waals surface area contributed by atoms with E-state index in [4.69, 9.17) is 9.47 Å². The van der Waals surface area contributed by atoms with Gasteiger partial charge >= 0.3 is 0 Å². The monoisotopic (exact) mass is 377 g/mol. The van der Waals surface area contributed by atoms with E-state index < -0.39 is 10.0 Å². The van der Waals surface area contributed by atoms with Crippen LogP contribution in [0, 0.1) is 0 Å². The Bertz CT molecular complexity index is 789. The molecule has 0 aliphatic carbocycles. The predicted octanol–water partition coefficient (Wildman–Crippen LogP) is 1.48. The summed E-state index contributed by atoms with van der Waals surface area (Å²) in [6, 6.07) is 10.7. The summed E-state index contributed by atoms with van der Waals surface area (Å²) in [5.41, 5.74) is 0. The molecule has 0 unspecified atom stereocenters.